The Bertz CT molecular complexity index is 2550. The molecule has 0 aliphatic carbocycles. The monoisotopic (exact) mass is 1080 g/mol. The molecule has 3 saturated heterocycles. The average molecular weight is 1080 g/mol. The van der Waals surface area contributed by atoms with Crippen molar-refractivity contribution in [3.8, 4) is 5.75 Å². The van der Waals surface area contributed by atoms with E-state index < -0.39 is 177 Å². The van der Waals surface area contributed by atoms with Crippen molar-refractivity contribution in [1.82, 2.24) is 0 Å². The lowest BCUT2D eigenvalue weighted by Gasteiger charge is -2.50. The maximum atomic E-state index is 13.1. The molecule has 0 bridgehead atoms. The van der Waals surface area contributed by atoms with Crippen LogP contribution in [0.15, 0.2) is 33.5 Å². The Kier molecular flexibility index (Phi) is 20.8. The van der Waals surface area contributed by atoms with Crippen LogP contribution in [0.25, 0.3) is 11.0 Å². The Labute approximate surface area is 432 Å². The molecule has 3 aliphatic heterocycles. The van der Waals surface area contributed by atoms with Gasteiger partial charge in [0.25, 0.3) is 0 Å². The first-order chi connectivity index (χ1) is 35.7. The van der Waals surface area contributed by atoms with Gasteiger partial charge < -0.3 is 80.2 Å². The molecule has 28 nitrogen and oxygen atoms in total. The number of aryl methyl sites for hydroxylation is 1. The molecule has 0 amide bonds. The molecule has 2 aromatic rings. The van der Waals surface area contributed by atoms with Crippen LogP contribution in [0.1, 0.15) is 74.8 Å². The lowest BCUT2D eigenvalue weighted by atomic mass is 9.95. The van der Waals surface area contributed by atoms with Gasteiger partial charge in [-0.15, -0.1) is 0 Å². The minimum absolute atomic E-state index is 0.0265. The van der Waals surface area contributed by atoms with Crippen LogP contribution in [-0.4, -0.2) is 172 Å². The molecule has 76 heavy (non-hydrogen) atoms. The summed E-state index contributed by atoms with van der Waals surface area (Å²) < 4.78 is 98.5. The number of benzene rings is 1. The zero-order chi connectivity index (χ0) is 56.3. The van der Waals surface area contributed by atoms with Gasteiger partial charge in [-0.05, 0) is 24.6 Å². The predicted molar refractivity (Wildman–Crippen MR) is 242 cm³/mol. The molecule has 5 rings (SSSR count). The summed E-state index contributed by atoms with van der Waals surface area (Å²) in [5, 5.41) is 0.534. The highest BCUT2D eigenvalue weighted by Crippen LogP contribution is 2.39. The molecule has 0 N–H and O–H groups in total. The first-order valence-corrected chi connectivity index (χ1v) is 23.3. The predicted octanol–water partition coefficient (Wildman–Crippen LogP) is 0.637. The fourth-order valence-electron chi connectivity index (χ4n) is 8.36. The second-order valence-electron chi connectivity index (χ2n) is 17.3. The maximum Gasteiger partial charge on any atom is 0.336 e. The Balaban J connectivity index is 1.65. The molecule has 3 aliphatic rings. The van der Waals surface area contributed by atoms with Gasteiger partial charge in [-0.2, -0.15) is 0 Å². The number of ether oxygens (including phenoxy) is 16. The minimum Gasteiger partial charge on any atom is -0.463 e. The van der Waals surface area contributed by atoms with E-state index >= 15 is 0 Å². The zero-order valence-corrected chi connectivity index (χ0v) is 43.0. The van der Waals surface area contributed by atoms with Crippen molar-refractivity contribution in [1.29, 1.82) is 0 Å². The van der Waals surface area contributed by atoms with Gasteiger partial charge in [0.2, 0.25) is 12.4 Å². The number of rotatable bonds is 19. The summed E-state index contributed by atoms with van der Waals surface area (Å²) in [5.74, 6) is -9.72. The van der Waals surface area contributed by atoms with Crippen LogP contribution in [0.5, 0.6) is 5.75 Å². The summed E-state index contributed by atoms with van der Waals surface area (Å²) >= 11 is 0. The third kappa shape index (κ3) is 16.4. The smallest absolute Gasteiger partial charge is 0.336 e. The molecular formula is C48H58O28. The van der Waals surface area contributed by atoms with Crippen molar-refractivity contribution < 1.29 is 128 Å². The molecule has 15 atom stereocenters. The SMILES string of the molecule is CC(=O)OC[C@H]1O[C@@H](O[C@H]2[C@H](OC(C)=O)[C@@H](OC(C)=O)[C@H](O[C@H]3[C@H](OC(C)=O)[C@@H](OC(C)=O)[C@H](Oc4ccc5c(C)cc(=O)oc5c4)O[C@@H]3COC(C)=O)O[C@@H]2COC(C)=O)[C@H](OC(C)=O)[C@@H](OC(C)=O)[C@@H]1OC(C)=O. The highest BCUT2D eigenvalue weighted by Gasteiger charge is 2.60. The van der Waals surface area contributed by atoms with Gasteiger partial charge in [0.15, 0.2) is 49.2 Å². The summed E-state index contributed by atoms with van der Waals surface area (Å²) in [7, 11) is 0. The topological polar surface area (TPSA) is 349 Å². The van der Waals surface area contributed by atoms with Crippen LogP contribution in [0.2, 0.25) is 0 Å². The van der Waals surface area contributed by atoms with Crippen LogP contribution in [0, 0.1) is 6.92 Å². The summed E-state index contributed by atoms with van der Waals surface area (Å²) in [5.41, 5.74) is -0.0149. The molecule has 0 unspecified atom stereocenters. The van der Waals surface area contributed by atoms with Crippen molar-refractivity contribution in [2.24, 2.45) is 0 Å². The molecule has 3 fully saturated rings. The maximum absolute atomic E-state index is 13.1. The molecule has 4 heterocycles. The largest absolute Gasteiger partial charge is 0.463 e. The van der Waals surface area contributed by atoms with Gasteiger partial charge in [-0.1, -0.05) is 0 Å². The van der Waals surface area contributed by atoms with Gasteiger partial charge in [0.1, 0.15) is 61.7 Å². The van der Waals surface area contributed by atoms with Crippen LogP contribution in [0.4, 0.5) is 0 Å². The first kappa shape index (κ1) is 59.6. The van der Waals surface area contributed by atoms with E-state index in [9.17, 15) is 52.7 Å². The quantitative estimate of drug-likeness (QED) is 0.106. The fraction of sp³-hybridized carbons (Fsp3) is 0.604. The molecular weight excluding hydrogens is 1020 g/mol. The van der Waals surface area contributed by atoms with Gasteiger partial charge in [0.05, 0.1) is 0 Å². The molecule has 1 aromatic heterocycles. The summed E-state index contributed by atoms with van der Waals surface area (Å²) in [6.45, 7) is 9.36. The average Bonchev–Trinajstić information content (AvgIpc) is 3.28. The molecule has 1 aromatic carbocycles. The summed E-state index contributed by atoms with van der Waals surface area (Å²) in [6.07, 6.45) is -27.4. The third-order valence-electron chi connectivity index (χ3n) is 11.0. The van der Waals surface area contributed by atoms with Gasteiger partial charge in [0, 0.05) is 86.8 Å². The molecule has 0 spiro atoms. The normalized spacial score (nSPS) is 29.0. The van der Waals surface area contributed by atoms with E-state index in [0.717, 1.165) is 69.2 Å². The number of esters is 10. The molecule has 28 heteroatoms. The van der Waals surface area contributed by atoms with Crippen molar-refractivity contribution in [3.05, 3.63) is 40.2 Å². The van der Waals surface area contributed by atoms with E-state index in [1.54, 1.807) is 13.0 Å². The van der Waals surface area contributed by atoms with Gasteiger partial charge in [-0.3, -0.25) is 47.9 Å². The van der Waals surface area contributed by atoms with E-state index in [2.05, 4.69) is 0 Å². The molecule has 0 radical (unpaired) electrons. The summed E-state index contributed by atoms with van der Waals surface area (Å²) in [4.78, 5) is 139. The van der Waals surface area contributed by atoms with Crippen LogP contribution < -0.4 is 10.4 Å². The zero-order valence-electron chi connectivity index (χ0n) is 43.0. The molecule has 418 valence electrons. The Morgan fingerprint density at radius 1 is 0.408 bits per heavy atom. The minimum atomic E-state index is -2.07. The van der Waals surface area contributed by atoms with Crippen molar-refractivity contribution in [2.45, 2.75) is 168 Å². The van der Waals surface area contributed by atoms with E-state index in [0.29, 0.717) is 10.9 Å². The van der Waals surface area contributed by atoms with E-state index in [1.807, 2.05) is 0 Å². The number of hydrogen-bond donors (Lipinski definition) is 0. The Hall–Kier alpha value is -7.27. The van der Waals surface area contributed by atoms with Crippen molar-refractivity contribution >= 4 is 70.7 Å². The number of carbonyl (C=O) groups excluding carboxylic acids is 10. The highest BCUT2D eigenvalue weighted by atomic mass is 16.8. The van der Waals surface area contributed by atoms with Crippen LogP contribution in [0.3, 0.4) is 0 Å². The van der Waals surface area contributed by atoms with Gasteiger partial charge >= 0.3 is 65.3 Å². The first-order valence-electron chi connectivity index (χ1n) is 23.3. The fourth-order valence-corrected chi connectivity index (χ4v) is 8.36. The van der Waals surface area contributed by atoms with Crippen molar-refractivity contribution in [2.75, 3.05) is 19.8 Å². The van der Waals surface area contributed by atoms with Crippen LogP contribution >= 0.6 is 0 Å². The molecule has 0 saturated carbocycles. The Morgan fingerprint density at radius 3 is 1.12 bits per heavy atom. The summed E-state index contributed by atoms with van der Waals surface area (Å²) in [6, 6.07) is 5.64. The third-order valence-corrected chi connectivity index (χ3v) is 11.0. The van der Waals surface area contributed by atoms with E-state index in [-0.39, 0.29) is 11.3 Å². The number of carbonyl (C=O) groups is 10. The second kappa shape index (κ2) is 26.5. The lowest BCUT2D eigenvalue weighted by molar-refractivity contribution is -0.377. The highest BCUT2D eigenvalue weighted by molar-refractivity contribution is 5.81. The second-order valence-corrected chi connectivity index (χ2v) is 17.3. The standard InChI is InChI=1S/C48H58O28/c1-19-14-36(59)71-32-15-30(12-13-31(19)32)70-46-43(67-27(9)56)41(65-25(7)54)38(34(72-46)17-61-21(3)50)75-48-45(69-29(11)58)42(66-26(8)55)39(35(74-48)18-62-22(4)51)76-47-44(68-28(10)57)40(64-24(6)53)37(63-23(5)52)33(73-47)16-60-20(2)49/h12-15,33-35,37-48H,16-18H2,1-11H3/t33-,34-,35-,37-,38-,39-,40+,41+,42+,43-,44-,45-,46-,47+,48+/m1/s1. The van der Waals surface area contributed by atoms with E-state index in [4.69, 9.17) is 80.2 Å². The van der Waals surface area contributed by atoms with Crippen LogP contribution in [-0.2, 0) is 119 Å². The van der Waals surface area contributed by atoms with Crippen molar-refractivity contribution in [3.63, 3.8) is 0 Å². The number of hydrogen-bond acceptors (Lipinski definition) is 28. The Morgan fingerprint density at radius 2 is 0.737 bits per heavy atom. The van der Waals surface area contributed by atoms with Gasteiger partial charge in [-0.25, -0.2) is 4.79 Å². The number of fused-ring (bicyclic) bond motifs is 1. The van der Waals surface area contributed by atoms with E-state index in [1.165, 1.54) is 18.2 Å². The lowest BCUT2D eigenvalue weighted by Crippen LogP contribution is -2.69.